The van der Waals surface area contributed by atoms with Crippen LogP contribution in [-0.4, -0.2) is 9.14 Å². The highest BCUT2D eigenvalue weighted by molar-refractivity contribution is 9.11. The van der Waals surface area contributed by atoms with Crippen LogP contribution >= 0.6 is 39.0 Å². The first-order valence-electron chi connectivity index (χ1n) is 2.70. The van der Waals surface area contributed by atoms with E-state index in [4.69, 9.17) is 5.73 Å². The largest absolute Gasteiger partial charge is 0.375 e. The molecule has 2 nitrogen and oxygen atoms in total. The van der Waals surface area contributed by atoms with Crippen LogP contribution in [0.3, 0.4) is 0 Å². The molecule has 0 saturated heterocycles. The van der Waals surface area contributed by atoms with Crippen LogP contribution in [0.5, 0.6) is 0 Å². The van der Waals surface area contributed by atoms with Gasteiger partial charge >= 0.3 is 0 Å². The van der Waals surface area contributed by atoms with Gasteiger partial charge in [-0.1, -0.05) is 39.0 Å². The predicted molar refractivity (Wildman–Crippen MR) is 50.8 cm³/mol. The number of hydrogen-bond acceptors (Lipinski definition) is 4. The molecule has 1 unspecified atom stereocenters. The number of rotatable bonds is 2. The molecule has 1 rings (SSSR count). The van der Waals surface area contributed by atoms with E-state index in [9.17, 15) is 0 Å². The average Bonchev–Trinajstić information content (AvgIpc) is 2.13. The van der Waals surface area contributed by atoms with Crippen LogP contribution in [0.1, 0.15) is 6.92 Å². The molecule has 1 atom stereocenters. The van der Waals surface area contributed by atoms with Crippen molar-refractivity contribution >= 4 is 44.2 Å². The van der Waals surface area contributed by atoms with Crippen LogP contribution in [0.2, 0.25) is 0 Å². The van der Waals surface area contributed by atoms with Crippen LogP contribution in [0.4, 0.5) is 5.13 Å². The Labute approximate surface area is 76.4 Å². The molecule has 0 aliphatic heterocycles. The van der Waals surface area contributed by atoms with Crippen molar-refractivity contribution in [2.45, 2.75) is 15.3 Å². The molecule has 0 aromatic carbocycles. The van der Waals surface area contributed by atoms with Crippen LogP contribution in [0.25, 0.3) is 0 Å². The number of thioether (sulfide) groups is 1. The normalized spacial score (nSPS) is 13.4. The third-order valence-corrected chi connectivity index (χ3v) is 3.16. The van der Waals surface area contributed by atoms with Crippen LogP contribution in [-0.2, 0) is 0 Å². The second-order valence-electron chi connectivity index (χ2n) is 1.68. The maximum atomic E-state index is 5.43. The van der Waals surface area contributed by atoms with Gasteiger partial charge in [0.15, 0.2) is 5.13 Å². The first kappa shape index (κ1) is 8.36. The Balaban J connectivity index is 2.58. The van der Waals surface area contributed by atoms with E-state index in [2.05, 4.69) is 27.8 Å². The highest BCUT2D eigenvalue weighted by Crippen LogP contribution is 2.31. The van der Waals surface area contributed by atoms with Gasteiger partial charge in [-0.3, -0.25) is 0 Å². The van der Waals surface area contributed by atoms with Gasteiger partial charge in [-0.2, -0.15) is 0 Å². The lowest BCUT2D eigenvalue weighted by molar-refractivity contribution is 1.37. The van der Waals surface area contributed by atoms with Gasteiger partial charge in [0.1, 0.15) is 0 Å². The molecule has 0 aliphatic rings. The van der Waals surface area contributed by atoms with Crippen molar-refractivity contribution in [1.82, 2.24) is 4.98 Å². The number of hydrogen-bond donors (Lipinski definition) is 1. The van der Waals surface area contributed by atoms with E-state index in [1.54, 1.807) is 18.0 Å². The van der Waals surface area contributed by atoms with E-state index >= 15 is 0 Å². The minimum absolute atomic E-state index is 0.423. The Morgan fingerprint density at radius 2 is 2.60 bits per heavy atom. The minimum atomic E-state index is 0.423. The summed E-state index contributed by atoms with van der Waals surface area (Å²) < 4.78 is 1.58. The van der Waals surface area contributed by atoms with E-state index in [1.165, 1.54) is 11.3 Å². The van der Waals surface area contributed by atoms with Crippen molar-refractivity contribution in [2.75, 3.05) is 5.73 Å². The molecule has 56 valence electrons. The standard InChI is InChI=1S/C5H7BrN2S2/c1-3(6)9-4-2-8-5(7)10-4/h2-3H,1H3,(H2,7,8). The summed E-state index contributed by atoms with van der Waals surface area (Å²) in [6, 6.07) is 0. The van der Waals surface area contributed by atoms with Gasteiger partial charge in [0.2, 0.25) is 0 Å². The first-order valence-corrected chi connectivity index (χ1v) is 5.31. The molecule has 1 heterocycles. The van der Waals surface area contributed by atoms with E-state index in [0.717, 1.165) is 4.21 Å². The molecular formula is C5H7BrN2S2. The van der Waals surface area contributed by atoms with Gasteiger partial charge in [-0.05, 0) is 6.92 Å². The number of aromatic nitrogens is 1. The number of nitrogens with two attached hydrogens (primary N) is 1. The van der Waals surface area contributed by atoms with Crippen molar-refractivity contribution in [3.05, 3.63) is 6.20 Å². The lowest BCUT2D eigenvalue weighted by Crippen LogP contribution is -1.77. The molecule has 0 amide bonds. The Bertz CT molecular complexity index is 211. The fraction of sp³-hybridized carbons (Fsp3) is 0.400. The Hall–Kier alpha value is 0.260. The highest BCUT2D eigenvalue weighted by atomic mass is 79.9. The number of nitrogens with zero attached hydrogens (tertiary/aromatic N) is 1. The molecule has 0 spiro atoms. The predicted octanol–water partition coefficient (Wildman–Crippen LogP) is 2.56. The lowest BCUT2D eigenvalue weighted by Gasteiger charge is -1.95. The smallest absolute Gasteiger partial charge is 0.181 e. The maximum absolute atomic E-state index is 5.43. The minimum Gasteiger partial charge on any atom is -0.375 e. The molecule has 1 aromatic heterocycles. The SMILES string of the molecule is CC(Br)Sc1cnc(N)s1. The fourth-order valence-electron chi connectivity index (χ4n) is 0.487. The average molecular weight is 239 g/mol. The quantitative estimate of drug-likeness (QED) is 0.636. The summed E-state index contributed by atoms with van der Waals surface area (Å²) in [5.41, 5.74) is 5.43. The van der Waals surface area contributed by atoms with E-state index < -0.39 is 0 Å². The van der Waals surface area contributed by atoms with Crippen molar-refractivity contribution in [1.29, 1.82) is 0 Å². The molecule has 1 aromatic rings. The lowest BCUT2D eigenvalue weighted by atomic mass is 11.0. The third kappa shape index (κ3) is 2.48. The van der Waals surface area contributed by atoms with Gasteiger partial charge in [-0.15, -0.1) is 0 Å². The summed E-state index contributed by atoms with van der Waals surface area (Å²) >= 11 is 6.65. The summed E-state index contributed by atoms with van der Waals surface area (Å²) in [4.78, 5) is 3.92. The monoisotopic (exact) mass is 238 g/mol. The maximum Gasteiger partial charge on any atom is 0.181 e. The molecule has 2 N–H and O–H groups in total. The Kier molecular flexibility index (Phi) is 3.00. The topological polar surface area (TPSA) is 38.9 Å². The van der Waals surface area contributed by atoms with Crippen molar-refractivity contribution in [3.8, 4) is 0 Å². The van der Waals surface area contributed by atoms with E-state index in [1.807, 2.05) is 0 Å². The Morgan fingerprint density at radius 1 is 1.90 bits per heavy atom. The number of thiazole rings is 1. The summed E-state index contributed by atoms with van der Waals surface area (Å²) in [5.74, 6) is 0. The zero-order chi connectivity index (χ0) is 7.56. The van der Waals surface area contributed by atoms with Crippen molar-refractivity contribution in [3.63, 3.8) is 0 Å². The number of nitrogen functional groups attached to an aromatic ring is 1. The van der Waals surface area contributed by atoms with Crippen molar-refractivity contribution in [2.24, 2.45) is 0 Å². The van der Waals surface area contributed by atoms with Crippen LogP contribution < -0.4 is 5.73 Å². The van der Waals surface area contributed by atoms with Gasteiger partial charge in [0.25, 0.3) is 0 Å². The second kappa shape index (κ2) is 3.59. The molecule has 5 heteroatoms. The molecule has 10 heavy (non-hydrogen) atoms. The third-order valence-electron chi connectivity index (χ3n) is 0.781. The second-order valence-corrected chi connectivity index (χ2v) is 6.36. The summed E-state index contributed by atoms with van der Waals surface area (Å²) in [6.07, 6.45) is 1.79. The van der Waals surface area contributed by atoms with Crippen LogP contribution in [0, 0.1) is 0 Å². The summed E-state index contributed by atoms with van der Waals surface area (Å²) in [6.45, 7) is 2.07. The summed E-state index contributed by atoms with van der Waals surface area (Å²) in [7, 11) is 0. The highest BCUT2D eigenvalue weighted by Gasteiger charge is 2.02. The van der Waals surface area contributed by atoms with Gasteiger partial charge in [-0.25, -0.2) is 4.98 Å². The fourth-order valence-corrected chi connectivity index (χ4v) is 3.19. The van der Waals surface area contributed by atoms with Gasteiger partial charge in [0, 0.05) is 0 Å². The number of halogens is 1. The van der Waals surface area contributed by atoms with Crippen molar-refractivity contribution < 1.29 is 0 Å². The molecule has 0 radical (unpaired) electrons. The zero-order valence-electron chi connectivity index (χ0n) is 5.37. The molecule has 0 saturated carbocycles. The molecule has 0 bridgehead atoms. The zero-order valence-corrected chi connectivity index (χ0v) is 8.59. The van der Waals surface area contributed by atoms with E-state index in [-0.39, 0.29) is 0 Å². The molecule has 0 aliphatic carbocycles. The van der Waals surface area contributed by atoms with Gasteiger partial charge in [0.05, 0.1) is 14.6 Å². The molecular weight excluding hydrogens is 232 g/mol. The van der Waals surface area contributed by atoms with E-state index in [0.29, 0.717) is 9.29 Å². The number of anilines is 1. The van der Waals surface area contributed by atoms with Crippen LogP contribution in [0.15, 0.2) is 10.4 Å². The molecule has 0 fully saturated rings. The first-order chi connectivity index (χ1) is 4.68. The Morgan fingerprint density at radius 3 is 3.00 bits per heavy atom. The number of alkyl halides is 1. The van der Waals surface area contributed by atoms with Gasteiger partial charge < -0.3 is 5.73 Å². The summed E-state index contributed by atoms with van der Waals surface area (Å²) in [5, 5.41) is 0.635.